The van der Waals surface area contributed by atoms with Gasteiger partial charge < -0.3 is 10.5 Å². The zero-order chi connectivity index (χ0) is 15.4. The van der Waals surface area contributed by atoms with Crippen LogP contribution >= 0.6 is 11.3 Å². The molecule has 0 bridgehead atoms. The molecule has 0 aliphatic heterocycles. The number of benzene rings is 1. The van der Waals surface area contributed by atoms with E-state index >= 15 is 0 Å². The summed E-state index contributed by atoms with van der Waals surface area (Å²) >= 11 is 1.26. The van der Waals surface area contributed by atoms with Gasteiger partial charge in [-0.3, -0.25) is 0 Å². The van der Waals surface area contributed by atoms with Gasteiger partial charge in [0.2, 0.25) is 0 Å². The lowest BCUT2D eigenvalue weighted by atomic mass is 10.1. The molecule has 2 N–H and O–H groups in total. The maximum absolute atomic E-state index is 11.8. The van der Waals surface area contributed by atoms with Crippen molar-refractivity contribution in [2.75, 3.05) is 12.3 Å². The third-order valence-electron chi connectivity index (χ3n) is 2.76. The van der Waals surface area contributed by atoms with E-state index in [9.17, 15) is 4.79 Å². The van der Waals surface area contributed by atoms with Crippen LogP contribution < -0.4 is 5.73 Å². The highest BCUT2D eigenvalue weighted by atomic mass is 32.1. The lowest BCUT2D eigenvalue weighted by Crippen LogP contribution is -2.04. The fourth-order valence-corrected chi connectivity index (χ4v) is 2.83. The predicted octanol–water partition coefficient (Wildman–Crippen LogP) is 3.09. The van der Waals surface area contributed by atoms with E-state index in [0.717, 1.165) is 4.70 Å². The molecule has 0 aliphatic carbocycles. The number of nitriles is 2. The molecule has 0 aliphatic rings. The highest BCUT2D eigenvalue weighted by Crippen LogP contribution is 2.35. The monoisotopic (exact) mass is 297 g/mol. The first-order chi connectivity index (χ1) is 10.1. The molecule has 0 saturated carbocycles. The Hall–Kier alpha value is -2.83. The Morgan fingerprint density at radius 3 is 2.76 bits per heavy atom. The number of hydrogen-bond donors (Lipinski definition) is 1. The van der Waals surface area contributed by atoms with Crippen molar-refractivity contribution >= 4 is 39.2 Å². The number of nitrogens with two attached hydrogens (primary N) is 1. The van der Waals surface area contributed by atoms with Crippen molar-refractivity contribution in [1.82, 2.24) is 0 Å². The molecule has 104 valence electrons. The first-order valence-corrected chi connectivity index (χ1v) is 6.93. The number of thiophene rings is 1. The van der Waals surface area contributed by atoms with E-state index in [1.54, 1.807) is 37.3 Å². The van der Waals surface area contributed by atoms with Crippen LogP contribution in [0.2, 0.25) is 0 Å². The predicted molar refractivity (Wildman–Crippen MR) is 81.4 cm³/mol. The van der Waals surface area contributed by atoms with Gasteiger partial charge in [-0.2, -0.15) is 10.5 Å². The van der Waals surface area contributed by atoms with E-state index in [1.807, 2.05) is 0 Å². The summed E-state index contributed by atoms with van der Waals surface area (Å²) in [5, 5.41) is 18.2. The first kappa shape index (κ1) is 14.6. The number of fused-ring (bicyclic) bond motifs is 1. The van der Waals surface area contributed by atoms with E-state index in [1.165, 1.54) is 17.4 Å². The minimum absolute atomic E-state index is 0.00812. The fourth-order valence-electron chi connectivity index (χ4n) is 1.83. The summed E-state index contributed by atoms with van der Waals surface area (Å²) in [4.78, 5) is 12.2. The summed E-state index contributed by atoms with van der Waals surface area (Å²) in [7, 11) is 0. The van der Waals surface area contributed by atoms with Crippen molar-refractivity contribution in [3.63, 3.8) is 0 Å². The Labute approximate surface area is 125 Å². The Kier molecular flexibility index (Phi) is 4.22. The van der Waals surface area contributed by atoms with Gasteiger partial charge in [-0.05, 0) is 30.7 Å². The summed E-state index contributed by atoms with van der Waals surface area (Å²) in [5.41, 5.74) is 7.04. The molecule has 1 aromatic carbocycles. The van der Waals surface area contributed by atoms with Crippen LogP contribution in [0.4, 0.5) is 5.69 Å². The van der Waals surface area contributed by atoms with Gasteiger partial charge in [0.25, 0.3) is 0 Å². The number of anilines is 1. The van der Waals surface area contributed by atoms with Crippen LogP contribution in [-0.4, -0.2) is 12.6 Å². The average Bonchev–Trinajstić information content (AvgIpc) is 2.82. The largest absolute Gasteiger partial charge is 0.462 e. The van der Waals surface area contributed by atoms with Crippen LogP contribution in [0.25, 0.3) is 16.2 Å². The molecule has 0 radical (unpaired) electrons. The molecule has 0 unspecified atom stereocenters. The zero-order valence-corrected chi connectivity index (χ0v) is 12.0. The summed E-state index contributed by atoms with van der Waals surface area (Å²) in [5.74, 6) is -0.442. The number of allylic oxidation sites excluding steroid dienone is 1. The van der Waals surface area contributed by atoms with Crippen LogP contribution in [0.5, 0.6) is 0 Å². The number of nitrogen functional groups attached to an aromatic ring is 1. The number of esters is 1. The third-order valence-corrected chi connectivity index (χ3v) is 3.93. The number of nitrogens with zero attached hydrogens (tertiary/aromatic N) is 2. The normalized spacial score (nSPS) is 9.67. The molecule has 0 amide bonds. The average molecular weight is 297 g/mol. The van der Waals surface area contributed by atoms with Gasteiger partial charge in [0.05, 0.1) is 12.3 Å². The minimum atomic E-state index is -0.442. The zero-order valence-electron chi connectivity index (χ0n) is 11.2. The smallest absolute Gasteiger partial charge is 0.350 e. The number of hydrogen-bond acceptors (Lipinski definition) is 6. The van der Waals surface area contributed by atoms with Gasteiger partial charge in [0.1, 0.15) is 22.6 Å². The van der Waals surface area contributed by atoms with Crippen LogP contribution in [-0.2, 0) is 4.74 Å². The first-order valence-electron chi connectivity index (χ1n) is 6.11. The molecule has 21 heavy (non-hydrogen) atoms. The molecular weight excluding hydrogens is 286 g/mol. The summed E-state index contributed by atoms with van der Waals surface area (Å²) in [6.45, 7) is 2.02. The van der Waals surface area contributed by atoms with E-state index in [2.05, 4.69) is 0 Å². The molecular formula is C15H11N3O2S. The van der Waals surface area contributed by atoms with Gasteiger partial charge >= 0.3 is 5.97 Å². The van der Waals surface area contributed by atoms with E-state index in [4.69, 9.17) is 21.0 Å². The topological polar surface area (TPSA) is 99.9 Å². The molecule has 1 heterocycles. The van der Waals surface area contributed by atoms with Gasteiger partial charge in [-0.1, -0.05) is 6.07 Å². The fraction of sp³-hybridized carbons (Fsp3) is 0.133. The summed E-state index contributed by atoms with van der Waals surface area (Å²) in [6, 6.07) is 8.92. The van der Waals surface area contributed by atoms with Crippen molar-refractivity contribution in [2.45, 2.75) is 6.92 Å². The quantitative estimate of drug-likeness (QED) is 0.693. The van der Waals surface area contributed by atoms with Gasteiger partial charge in [-0.25, -0.2) is 4.79 Å². The molecule has 5 nitrogen and oxygen atoms in total. The Morgan fingerprint density at radius 1 is 1.43 bits per heavy atom. The maximum Gasteiger partial charge on any atom is 0.350 e. The standard InChI is InChI=1S/C15H11N3O2S/c1-2-20-15(19)14-13(18)11-6-9(3-4-12(11)21-14)5-10(7-16)8-17/h3-6H,2,18H2,1H3. The molecule has 2 rings (SSSR count). The number of carbonyl (C=O) groups is 1. The number of ether oxygens (including phenoxy) is 1. The van der Waals surface area contributed by atoms with Crippen LogP contribution in [0.3, 0.4) is 0 Å². The Bertz CT molecular complexity index is 806. The highest BCUT2D eigenvalue weighted by Gasteiger charge is 2.17. The lowest BCUT2D eigenvalue weighted by molar-refractivity contribution is 0.0533. The molecule has 2 aromatic rings. The van der Waals surface area contributed by atoms with Gasteiger partial charge in [0.15, 0.2) is 0 Å². The van der Waals surface area contributed by atoms with Gasteiger partial charge in [0, 0.05) is 10.1 Å². The van der Waals surface area contributed by atoms with Gasteiger partial charge in [-0.15, -0.1) is 11.3 Å². The second kappa shape index (κ2) is 6.08. The van der Waals surface area contributed by atoms with Crippen LogP contribution in [0.15, 0.2) is 23.8 Å². The number of carbonyl (C=O) groups excluding carboxylic acids is 1. The van der Waals surface area contributed by atoms with Crippen molar-refractivity contribution in [3.8, 4) is 12.1 Å². The van der Waals surface area contributed by atoms with Crippen molar-refractivity contribution in [2.24, 2.45) is 0 Å². The molecule has 1 aromatic heterocycles. The van der Waals surface area contributed by atoms with Crippen LogP contribution in [0.1, 0.15) is 22.2 Å². The number of rotatable bonds is 3. The van der Waals surface area contributed by atoms with Crippen molar-refractivity contribution < 1.29 is 9.53 Å². The second-order valence-corrected chi connectivity index (χ2v) is 5.15. The molecule has 6 heteroatoms. The molecule has 0 atom stereocenters. The summed E-state index contributed by atoms with van der Waals surface area (Å²) < 4.78 is 5.81. The SMILES string of the molecule is CCOC(=O)c1sc2ccc(C=C(C#N)C#N)cc2c1N. The second-order valence-electron chi connectivity index (χ2n) is 4.10. The highest BCUT2D eigenvalue weighted by molar-refractivity contribution is 7.21. The molecule has 0 saturated heterocycles. The maximum atomic E-state index is 11.8. The van der Waals surface area contributed by atoms with E-state index < -0.39 is 5.97 Å². The summed E-state index contributed by atoms with van der Waals surface area (Å²) in [6.07, 6.45) is 1.47. The van der Waals surface area contributed by atoms with E-state index in [-0.39, 0.29) is 12.2 Å². The molecule has 0 fully saturated rings. The van der Waals surface area contributed by atoms with E-state index in [0.29, 0.717) is 21.5 Å². The van der Waals surface area contributed by atoms with Crippen LogP contribution in [0, 0.1) is 22.7 Å². The third kappa shape index (κ3) is 2.86. The Morgan fingerprint density at radius 2 is 2.14 bits per heavy atom. The lowest BCUT2D eigenvalue weighted by Gasteiger charge is -1.99. The Balaban J connectivity index is 2.52. The van der Waals surface area contributed by atoms with Crippen molar-refractivity contribution in [1.29, 1.82) is 10.5 Å². The minimum Gasteiger partial charge on any atom is -0.462 e. The van der Waals surface area contributed by atoms with Crippen molar-refractivity contribution in [3.05, 3.63) is 34.2 Å². The molecule has 0 spiro atoms.